The van der Waals surface area contributed by atoms with Crippen LogP contribution in [0.25, 0.3) is 0 Å². The molecule has 3 heteroatoms. The van der Waals surface area contributed by atoms with Crippen molar-refractivity contribution in [2.45, 2.75) is 51.5 Å². The maximum absolute atomic E-state index is 6.38. The van der Waals surface area contributed by atoms with E-state index in [9.17, 15) is 0 Å². The Balaban J connectivity index is 2.24. The van der Waals surface area contributed by atoms with Gasteiger partial charge < -0.3 is 5.73 Å². The van der Waals surface area contributed by atoms with Crippen LogP contribution >= 0.6 is 0 Å². The summed E-state index contributed by atoms with van der Waals surface area (Å²) in [5.41, 5.74) is 7.80. The van der Waals surface area contributed by atoms with E-state index >= 15 is 0 Å². The van der Waals surface area contributed by atoms with Gasteiger partial charge in [-0.3, -0.25) is 4.68 Å². The van der Waals surface area contributed by atoms with Crippen LogP contribution in [0.5, 0.6) is 0 Å². The molecule has 1 saturated carbocycles. The van der Waals surface area contributed by atoms with Gasteiger partial charge in [-0.1, -0.05) is 27.2 Å². The molecule has 1 fully saturated rings. The highest BCUT2D eigenvalue weighted by atomic mass is 15.3. The van der Waals surface area contributed by atoms with Gasteiger partial charge in [0.1, 0.15) is 0 Å². The van der Waals surface area contributed by atoms with E-state index in [1.807, 2.05) is 17.9 Å². The number of aromatic nitrogens is 2. The molecule has 1 aliphatic carbocycles. The number of aryl methyl sites for hydroxylation is 1. The molecule has 3 nitrogen and oxygen atoms in total. The first-order chi connectivity index (χ1) is 7.93. The first-order valence-electron chi connectivity index (χ1n) is 6.67. The molecule has 1 aromatic rings. The average Bonchev–Trinajstić information content (AvgIpc) is 2.64. The minimum absolute atomic E-state index is 0.116. The maximum Gasteiger partial charge on any atom is 0.0492 e. The lowest BCUT2D eigenvalue weighted by Gasteiger charge is -2.42. The smallest absolute Gasteiger partial charge is 0.0492 e. The normalized spacial score (nSPS) is 30.5. The molecule has 17 heavy (non-hydrogen) atoms. The summed E-state index contributed by atoms with van der Waals surface area (Å²) >= 11 is 0. The van der Waals surface area contributed by atoms with E-state index in [0.717, 1.165) is 12.3 Å². The quantitative estimate of drug-likeness (QED) is 0.855. The van der Waals surface area contributed by atoms with Gasteiger partial charge in [-0.25, -0.2) is 0 Å². The minimum atomic E-state index is 0.116. The van der Waals surface area contributed by atoms with E-state index in [1.165, 1.54) is 18.5 Å². The van der Waals surface area contributed by atoms with Gasteiger partial charge in [0.15, 0.2) is 0 Å². The Morgan fingerprint density at radius 2 is 2.12 bits per heavy atom. The Kier molecular flexibility index (Phi) is 3.30. The second-order valence-corrected chi connectivity index (χ2v) is 6.25. The predicted octanol–water partition coefficient (Wildman–Crippen LogP) is 2.46. The number of rotatable bonds is 2. The second kappa shape index (κ2) is 4.45. The van der Waals surface area contributed by atoms with Crippen LogP contribution in [-0.4, -0.2) is 15.8 Å². The molecule has 2 N–H and O–H groups in total. The summed E-state index contributed by atoms with van der Waals surface area (Å²) in [5, 5.41) is 4.29. The van der Waals surface area contributed by atoms with Crippen molar-refractivity contribution in [2.75, 3.05) is 0 Å². The number of hydrogen-bond acceptors (Lipinski definition) is 2. The van der Waals surface area contributed by atoms with Crippen molar-refractivity contribution < 1.29 is 0 Å². The van der Waals surface area contributed by atoms with Crippen molar-refractivity contribution in [2.24, 2.45) is 24.6 Å². The molecule has 1 heterocycles. The molecular weight excluding hydrogens is 210 g/mol. The van der Waals surface area contributed by atoms with E-state index in [0.29, 0.717) is 12.0 Å². The second-order valence-electron chi connectivity index (χ2n) is 6.25. The number of hydrogen-bond donors (Lipinski definition) is 1. The lowest BCUT2D eigenvalue weighted by atomic mass is 9.65. The van der Waals surface area contributed by atoms with E-state index in [-0.39, 0.29) is 5.41 Å². The SMILES string of the molecule is CC1CCC(C(C)(C)c2ccnn2C)C(N)C1. The van der Waals surface area contributed by atoms with Crippen LogP contribution in [0.15, 0.2) is 12.3 Å². The molecule has 0 aromatic carbocycles. The van der Waals surface area contributed by atoms with E-state index in [2.05, 4.69) is 31.9 Å². The van der Waals surface area contributed by atoms with Crippen LogP contribution in [0.1, 0.15) is 45.7 Å². The van der Waals surface area contributed by atoms with Crippen molar-refractivity contribution in [3.8, 4) is 0 Å². The van der Waals surface area contributed by atoms with E-state index < -0.39 is 0 Å². The van der Waals surface area contributed by atoms with Crippen LogP contribution in [0.3, 0.4) is 0 Å². The fourth-order valence-corrected chi connectivity index (χ4v) is 3.52. The third-order valence-electron chi connectivity index (χ3n) is 4.57. The van der Waals surface area contributed by atoms with Gasteiger partial charge in [-0.2, -0.15) is 5.10 Å². The Morgan fingerprint density at radius 1 is 1.41 bits per heavy atom. The summed E-state index contributed by atoms with van der Waals surface area (Å²) in [6, 6.07) is 2.45. The molecule has 0 bridgehead atoms. The largest absolute Gasteiger partial charge is 0.327 e. The van der Waals surface area contributed by atoms with Gasteiger partial charge in [0.05, 0.1) is 0 Å². The maximum atomic E-state index is 6.38. The fourth-order valence-electron chi connectivity index (χ4n) is 3.52. The van der Waals surface area contributed by atoms with Gasteiger partial charge >= 0.3 is 0 Å². The van der Waals surface area contributed by atoms with Crippen LogP contribution in [-0.2, 0) is 12.5 Å². The lowest BCUT2D eigenvalue weighted by Crippen LogP contribution is -2.46. The molecule has 0 saturated heterocycles. The van der Waals surface area contributed by atoms with Crippen LogP contribution in [0, 0.1) is 11.8 Å². The van der Waals surface area contributed by atoms with E-state index in [1.54, 1.807) is 0 Å². The first-order valence-corrected chi connectivity index (χ1v) is 6.67. The Morgan fingerprint density at radius 3 is 2.65 bits per heavy atom. The van der Waals surface area contributed by atoms with Crippen molar-refractivity contribution in [1.29, 1.82) is 0 Å². The summed E-state index contributed by atoms with van der Waals surface area (Å²) in [6.07, 6.45) is 5.58. The highest BCUT2D eigenvalue weighted by Crippen LogP contribution is 2.41. The average molecular weight is 235 g/mol. The summed E-state index contributed by atoms with van der Waals surface area (Å²) in [6.45, 7) is 6.93. The van der Waals surface area contributed by atoms with E-state index in [4.69, 9.17) is 5.73 Å². The summed E-state index contributed by atoms with van der Waals surface area (Å²) in [7, 11) is 2.02. The van der Waals surface area contributed by atoms with Gasteiger partial charge in [0, 0.05) is 30.4 Å². The Hall–Kier alpha value is -0.830. The molecule has 0 radical (unpaired) electrons. The minimum Gasteiger partial charge on any atom is -0.327 e. The van der Waals surface area contributed by atoms with Gasteiger partial charge in [0.25, 0.3) is 0 Å². The highest BCUT2D eigenvalue weighted by molar-refractivity contribution is 5.17. The molecule has 1 aromatic heterocycles. The highest BCUT2D eigenvalue weighted by Gasteiger charge is 2.39. The molecule has 2 rings (SSSR count). The van der Waals surface area contributed by atoms with Crippen molar-refractivity contribution in [3.05, 3.63) is 18.0 Å². The Labute approximate surface area is 104 Å². The molecule has 96 valence electrons. The third kappa shape index (κ3) is 2.25. The molecule has 0 aliphatic heterocycles. The van der Waals surface area contributed by atoms with Crippen LogP contribution in [0.2, 0.25) is 0 Å². The standard InChI is InChI=1S/C14H25N3/c1-10-5-6-11(12(15)9-10)14(2,3)13-7-8-16-17(13)4/h7-8,10-12H,5-6,9,15H2,1-4H3. The number of nitrogens with zero attached hydrogens (tertiary/aromatic N) is 2. The van der Waals surface area contributed by atoms with Crippen molar-refractivity contribution in [3.63, 3.8) is 0 Å². The summed E-state index contributed by atoms with van der Waals surface area (Å²) in [5.74, 6) is 1.35. The number of nitrogens with two attached hydrogens (primary N) is 1. The lowest BCUT2D eigenvalue weighted by molar-refractivity contribution is 0.165. The summed E-state index contributed by atoms with van der Waals surface area (Å²) < 4.78 is 1.99. The monoisotopic (exact) mass is 235 g/mol. The predicted molar refractivity (Wildman–Crippen MR) is 70.7 cm³/mol. The fraction of sp³-hybridized carbons (Fsp3) is 0.786. The molecule has 3 unspecified atom stereocenters. The van der Waals surface area contributed by atoms with Crippen LogP contribution < -0.4 is 5.73 Å². The van der Waals surface area contributed by atoms with Gasteiger partial charge in [0.2, 0.25) is 0 Å². The molecule has 0 spiro atoms. The van der Waals surface area contributed by atoms with Gasteiger partial charge in [-0.15, -0.1) is 0 Å². The molecule has 1 aliphatic rings. The third-order valence-corrected chi connectivity index (χ3v) is 4.57. The Bertz CT molecular complexity index is 381. The molecule has 0 amide bonds. The molecular formula is C14H25N3. The van der Waals surface area contributed by atoms with Crippen molar-refractivity contribution in [1.82, 2.24) is 9.78 Å². The van der Waals surface area contributed by atoms with Gasteiger partial charge in [-0.05, 0) is 30.7 Å². The molecule has 3 atom stereocenters. The first kappa shape index (κ1) is 12.6. The topological polar surface area (TPSA) is 43.8 Å². The zero-order valence-corrected chi connectivity index (χ0v) is 11.5. The summed E-state index contributed by atoms with van der Waals surface area (Å²) in [4.78, 5) is 0. The zero-order chi connectivity index (χ0) is 12.6. The zero-order valence-electron chi connectivity index (χ0n) is 11.5. The van der Waals surface area contributed by atoms with Crippen LogP contribution in [0.4, 0.5) is 0 Å². The van der Waals surface area contributed by atoms with Crippen molar-refractivity contribution >= 4 is 0 Å².